The summed E-state index contributed by atoms with van der Waals surface area (Å²) in [6.45, 7) is 4.03. The van der Waals surface area contributed by atoms with Crippen LogP contribution in [-0.4, -0.2) is 21.8 Å². The lowest BCUT2D eigenvalue weighted by atomic mass is 10.0. The van der Waals surface area contributed by atoms with Crippen molar-refractivity contribution in [2.24, 2.45) is 0 Å². The van der Waals surface area contributed by atoms with Crippen molar-refractivity contribution < 1.29 is 9.59 Å². The van der Waals surface area contributed by atoms with E-state index in [1.807, 2.05) is 147 Å². The Bertz CT molecular complexity index is 1700. The zero-order chi connectivity index (χ0) is 30.7. The van der Waals surface area contributed by atoms with Gasteiger partial charge in [0.05, 0.1) is 11.4 Å². The fourth-order valence-corrected chi connectivity index (χ4v) is 4.52. The average Bonchev–Trinajstić information content (AvgIpc) is 3.08. The molecule has 2 amide bonds. The molecule has 0 radical (unpaired) electrons. The summed E-state index contributed by atoms with van der Waals surface area (Å²) in [5.41, 5.74) is 8.34. The number of benzene rings is 4. The van der Waals surface area contributed by atoms with Crippen LogP contribution in [0.5, 0.6) is 0 Å². The lowest BCUT2D eigenvalue weighted by Gasteiger charge is -2.10. The average molecular weight is 577 g/mol. The Morgan fingerprint density at radius 2 is 0.818 bits per heavy atom. The van der Waals surface area contributed by atoms with Crippen molar-refractivity contribution in [3.63, 3.8) is 0 Å². The van der Waals surface area contributed by atoms with E-state index in [-0.39, 0.29) is 11.8 Å². The number of carbonyl (C=O) groups excluding carboxylic acids is 2. The van der Waals surface area contributed by atoms with Gasteiger partial charge in [-0.1, -0.05) is 83.9 Å². The highest BCUT2D eigenvalue weighted by Gasteiger charge is 2.14. The van der Waals surface area contributed by atoms with Crippen molar-refractivity contribution in [1.82, 2.24) is 9.97 Å². The van der Waals surface area contributed by atoms with Crippen LogP contribution >= 0.6 is 0 Å². The van der Waals surface area contributed by atoms with E-state index in [0.29, 0.717) is 11.1 Å². The van der Waals surface area contributed by atoms with Gasteiger partial charge >= 0.3 is 0 Å². The summed E-state index contributed by atoms with van der Waals surface area (Å²) in [4.78, 5) is 33.8. The second-order valence-electron chi connectivity index (χ2n) is 10.2. The fraction of sp³-hybridized carbons (Fsp3) is 0.0526. The smallest absolute Gasteiger partial charge is 0.256 e. The first-order valence-electron chi connectivity index (χ1n) is 14.2. The first kappa shape index (κ1) is 29.6. The molecule has 6 rings (SSSR count). The molecule has 6 heteroatoms. The van der Waals surface area contributed by atoms with E-state index in [1.54, 1.807) is 12.4 Å². The number of amides is 2. The summed E-state index contributed by atoms with van der Waals surface area (Å²) in [6.07, 6.45) is 3.45. The van der Waals surface area contributed by atoms with Gasteiger partial charge in [-0.2, -0.15) is 0 Å². The Kier molecular flexibility index (Phi) is 9.65. The monoisotopic (exact) mass is 576 g/mol. The molecule has 6 nitrogen and oxygen atoms in total. The summed E-state index contributed by atoms with van der Waals surface area (Å²) in [6, 6.07) is 41.8. The van der Waals surface area contributed by atoms with E-state index in [2.05, 4.69) is 20.6 Å². The van der Waals surface area contributed by atoms with Gasteiger partial charge in [-0.25, -0.2) is 0 Å². The first-order valence-corrected chi connectivity index (χ1v) is 14.2. The summed E-state index contributed by atoms with van der Waals surface area (Å²) in [7, 11) is 0. The highest BCUT2D eigenvalue weighted by Crippen LogP contribution is 2.24. The molecule has 0 bridgehead atoms. The largest absolute Gasteiger partial charge is 0.322 e. The van der Waals surface area contributed by atoms with Gasteiger partial charge in [-0.3, -0.25) is 19.6 Å². The van der Waals surface area contributed by atoms with Gasteiger partial charge in [0.25, 0.3) is 11.8 Å². The third-order valence-electron chi connectivity index (χ3n) is 6.84. The van der Waals surface area contributed by atoms with E-state index in [1.165, 1.54) is 0 Å². The highest BCUT2D eigenvalue weighted by molar-refractivity contribution is 6.09. The Balaban J connectivity index is 0.000000175. The number of hydrogen-bond donors (Lipinski definition) is 2. The second-order valence-corrected chi connectivity index (χ2v) is 10.2. The molecule has 4 aromatic carbocycles. The molecule has 0 aliphatic heterocycles. The molecule has 0 unspecified atom stereocenters. The molecule has 216 valence electrons. The van der Waals surface area contributed by atoms with Crippen LogP contribution in [0.3, 0.4) is 0 Å². The number of carbonyl (C=O) groups is 2. The van der Waals surface area contributed by atoms with Crippen LogP contribution in [-0.2, 0) is 0 Å². The number of rotatable bonds is 6. The second kappa shape index (κ2) is 14.3. The molecule has 0 aliphatic rings. The molecule has 2 heterocycles. The van der Waals surface area contributed by atoms with Gasteiger partial charge in [0.1, 0.15) is 0 Å². The maximum Gasteiger partial charge on any atom is 0.256 e. The lowest BCUT2D eigenvalue weighted by Crippen LogP contribution is -2.13. The number of anilines is 2. The quantitative estimate of drug-likeness (QED) is 0.208. The van der Waals surface area contributed by atoms with E-state index < -0.39 is 0 Å². The molecule has 0 fully saturated rings. The molecule has 44 heavy (non-hydrogen) atoms. The van der Waals surface area contributed by atoms with Crippen LogP contribution in [0.25, 0.3) is 22.5 Å². The van der Waals surface area contributed by atoms with Crippen molar-refractivity contribution in [3.8, 4) is 22.5 Å². The standard InChI is InChI=1S/2C19H16N2O/c2*1-14-9-11-15(12-10-14)21-19(22)17-7-3-2-6-16(17)18-8-4-5-13-20-18/h2*2-13H,1H3,(H,21,22). The van der Waals surface area contributed by atoms with Crippen molar-refractivity contribution in [2.75, 3.05) is 10.6 Å². The highest BCUT2D eigenvalue weighted by atomic mass is 16.2. The SMILES string of the molecule is Cc1ccc(NC(=O)c2ccccc2-c2ccccn2)cc1.Cc1ccc(NC(=O)c2ccccc2-c2ccccn2)cc1. The van der Waals surface area contributed by atoms with Gasteiger partial charge in [-0.05, 0) is 74.5 Å². The summed E-state index contributed by atoms with van der Waals surface area (Å²) in [5.74, 6) is -0.268. The molecular formula is C38H32N4O2. The van der Waals surface area contributed by atoms with Crippen LogP contribution in [0.1, 0.15) is 31.8 Å². The molecule has 0 saturated heterocycles. The number of nitrogens with one attached hydrogen (secondary N) is 2. The minimum atomic E-state index is -0.134. The zero-order valence-corrected chi connectivity index (χ0v) is 24.6. The lowest BCUT2D eigenvalue weighted by molar-refractivity contribution is 0.101. The first-order chi connectivity index (χ1) is 21.5. The minimum Gasteiger partial charge on any atom is -0.322 e. The topological polar surface area (TPSA) is 84.0 Å². The molecule has 0 aliphatic carbocycles. The van der Waals surface area contributed by atoms with Crippen molar-refractivity contribution >= 4 is 23.2 Å². The molecule has 2 aromatic heterocycles. The Labute approximate surface area is 257 Å². The van der Waals surface area contributed by atoms with Crippen molar-refractivity contribution in [2.45, 2.75) is 13.8 Å². The summed E-state index contributed by atoms with van der Waals surface area (Å²) in [5, 5.41) is 5.86. The third kappa shape index (κ3) is 7.69. The van der Waals surface area contributed by atoms with Crippen LogP contribution in [0.15, 0.2) is 146 Å². The van der Waals surface area contributed by atoms with E-state index in [9.17, 15) is 9.59 Å². The van der Waals surface area contributed by atoms with Crippen molar-refractivity contribution in [3.05, 3.63) is 168 Å². The number of pyridine rings is 2. The molecule has 2 N–H and O–H groups in total. The van der Waals surface area contributed by atoms with Gasteiger partial charge < -0.3 is 10.6 Å². The number of aromatic nitrogens is 2. The van der Waals surface area contributed by atoms with E-state index in [0.717, 1.165) is 45.0 Å². The van der Waals surface area contributed by atoms with Crippen LogP contribution in [0.4, 0.5) is 11.4 Å². The molecule has 0 atom stereocenters. The van der Waals surface area contributed by atoms with Gasteiger partial charge in [-0.15, -0.1) is 0 Å². The maximum absolute atomic E-state index is 12.6. The normalized spacial score (nSPS) is 10.2. The van der Waals surface area contributed by atoms with Gasteiger partial charge in [0.15, 0.2) is 0 Å². The molecular weight excluding hydrogens is 544 g/mol. The predicted molar refractivity (Wildman–Crippen MR) is 178 cm³/mol. The van der Waals surface area contributed by atoms with Gasteiger partial charge in [0.2, 0.25) is 0 Å². The fourth-order valence-electron chi connectivity index (χ4n) is 4.52. The predicted octanol–water partition coefficient (Wildman–Crippen LogP) is 8.62. The third-order valence-corrected chi connectivity index (χ3v) is 6.84. The van der Waals surface area contributed by atoms with E-state index >= 15 is 0 Å². The minimum absolute atomic E-state index is 0.134. The Morgan fingerprint density at radius 3 is 1.18 bits per heavy atom. The molecule has 0 spiro atoms. The Morgan fingerprint density at radius 1 is 0.455 bits per heavy atom. The maximum atomic E-state index is 12.6. The number of nitrogens with zero attached hydrogens (tertiary/aromatic N) is 2. The molecule has 0 saturated carbocycles. The zero-order valence-electron chi connectivity index (χ0n) is 24.6. The van der Waals surface area contributed by atoms with E-state index in [4.69, 9.17) is 0 Å². The molecule has 6 aromatic rings. The number of hydrogen-bond acceptors (Lipinski definition) is 4. The van der Waals surface area contributed by atoms with Crippen LogP contribution in [0.2, 0.25) is 0 Å². The van der Waals surface area contributed by atoms with Crippen LogP contribution in [0, 0.1) is 13.8 Å². The van der Waals surface area contributed by atoms with Crippen LogP contribution < -0.4 is 10.6 Å². The Hall–Kier alpha value is -5.88. The van der Waals surface area contributed by atoms with Crippen molar-refractivity contribution in [1.29, 1.82) is 0 Å². The number of aryl methyl sites for hydroxylation is 2. The summed E-state index contributed by atoms with van der Waals surface area (Å²) < 4.78 is 0. The van der Waals surface area contributed by atoms with Gasteiger partial charge in [0, 0.05) is 46.0 Å². The summed E-state index contributed by atoms with van der Waals surface area (Å²) >= 11 is 0.